The largest absolute Gasteiger partial charge is 0.332 e. The van der Waals surface area contributed by atoms with Crippen molar-refractivity contribution in [2.75, 3.05) is 7.05 Å². The fourth-order valence-corrected chi connectivity index (χ4v) is 2.43. The first-order chi connectivity index (χ1) is 9.56. The number of rotatable bonds is 5. The zero-order chi connectivity index (χ0) is 14.9. The molecule has 7 nitrogen and oxygen atoms in total. The summed E-state index contributed by atoms with van der Waals surface area (Å²) in [4.78, 5) is 29.3. The normalized spacial score (nSPS) is 11.4. The molecule has 20 heavy (non-hydrogen) atoms. The van der Waals surface area contributed by atoms with Crippen LogP contribution in [0.1, 0.15) is 26.1 Å². The summed E-state index contributed by atoms with van der Waals surface area (Å²) in [6, 6.07) is 0. The Morgan fingerprint density at radius 1 is 1.20 bits per heavy atom. The summed E-state index contributed by atoms with van der Waals surface area (Å²) in [6.07, 6.45) is 0.814. The molecule has 7 heteroatoms. The maximum atomic E-state index is 12.4. The number of nitrogens with zero attached hydrogens (tertiary/aromatic N) is 4. The molecule has 0 saturated carbocycles. The molecule has 0 fully saturated rings. The SMILES string of the molecule is CCCn1c(=O)n(CC)c(=O)c2c1nc(CNC)n2C. The van der Waals surface area contributed by atoms with E-state index in [0.29, 0.717) is 30.8 Å². The first-order valence-electron chi connectivity index (χ1n) is 6.90. The molecule has 0 aliphatic heterocycles. The van der Waals surface area contributed by atoms with Crippen molar-refractivity contribution in [3.05, 3.63) is 26.7 Å². The summed E-state index contributed by atoms with van der Waals surface area (Å²) >= 11 is 0. The van der Waals surface area contributed by atoms with Crippen LogP contribution < -0.4 is 16.6 Å². The van der Waals surface area contributed by atoms with Gasteiger partial charge < -0.3 is 9.88 Å². The molecule has 0 atom stereocenters. The lowest BCUT2D eigenvalue weighted by Gasteiger charge is -2.09. The second-order valence-electron chi connectivity index (χ2n) is 4.77. The minimum absolute atomic E-state index is 0.266. The Kier molecular flexibility index (Phi) is 4.08. The number of fused-ring (bicyclic) bond motifs is 1. The van der Waals surface area contributed by atoms with Crippen molar-refractivity contribution in [2.45, 2.75) is 39.9 Å². The minimum atomic E-state index is -0.277. The predicted molar refractivity (Wildman–Crippen MR) is 78.0 cm³/mol. The van der Waals surface area contributed by atoms with Crippen molar-refractivity contribution in [1.29, 1.82) is 0 Å². The van der Waals surface area contributed by atoms with E-state index in [0.717, 1.165) is 12.2 Å². The van der Waals surface area contributed by atoms with Gasteiger partial charge in [0.25, 0.3) is 5.56 Å². The third-order valence-corrected chi connectivity index (χ3v) is 3.43. The van der Waals surface area contributed by atoms with E-state index in [9.17, 15) is 9.59 Å². The van der Waals surface area contributed by atoms with E-state index in [4.69, 9.17) is 0 Å². The second kappa shape index (κ2) is 5.62. The van der Waals surface area contributed by atoms with E-state index in [-0.39, 0.29) is 11.2 Å². The standard InChI is InChI=1S/C13H21N5O2/c1-5-7-18-11-10(12(19)17(6-2)13(18)20)16(4)9(15-11)8-14-3/h14H,5-8H2,1-4H3. The van der Waals surface area contributed by atoms with Gasteiger partial charge in [0.2, 0.25) is 0 Å². The Hall–Kier alpha value is -1.89. The fraction of sp³-hybridized carbons (Fsp3) is 0.615. The van der Waals surface area contributed by atoms with E-state index in [1.54, 1.807) is 16.1 Å². The maximum Gasteiger partial charge on any atom is 0.332 e. The zero-order valence-electron chi connectivity index (χ0n) is 12.4. The van der Waals surface area contributed by atoms with E-state index in [1.165, 1.54) is 4.57 Å². The first-order valence-corrected chi connectivity index (χ1v) is 6.90. The number of imidazole rings is 1. The van der Waals surface area contributed by atoms with Crippen LogP contribution in [0.5, 0.6) is 0 Å². The average molecular weight is 279 g/mol. The summed E-state index contributed by atoms with van der Waals surface area (Å²) in [5, 5.41) is 3.02. The Bertz CT molecular complexity index is 738. The van der Waals surface area contributed by atoms with Gasteiger partial charge in [0.05, 0.1) is 6.54 Å². The highest BCUT2D eigenvalue weighted by atomic mass is 16.2. The van der Waals surface area contributed by atoms with Gasteiger partial charge in [-0.1, -0.05) is 6.92 Å². The molecule has 0 aliphatic carbocycles. The molecule has 2 heterocycles. The highest BCUT2D eigenvalue weighted by Crippen LogP contribution is 2.10. The van der Waals surface area contributed by atoms with E-state index >= 15 is 0 Å². The van der Waals surface area contributed by atoms with Gasteiger partial charge in [0, 0.05) is 20.1 Å². The van der Waals surface area contributed by atoms with Gasteiger partial charge in [0.1, 0.15) is 5.82 Å². The average Bonchev–Trinajstić information content (AvgIpc) is 2.73. The van der Waals surface area contributed by atoms with Crippen molar-refractivity contribution in [1.82, 2.24) is 24.0 Å². The molecule has 0 aromatic carbocycles. The smallest absolute Gasteiger partial charge is 0.324 e. The Balaban J connectivity index is 2.92. The monoisotopic (exact) mass is 279 g/mol. The van der Waals surface area contributed by atoms with E-state index in [2.05, 4.69) is 10.3 Å². The number of aromatic nitrogens is 4. The third kappa shape index (κ3) is 2.07. The van der Waals surface area contributed by atoms with Crippen LogP contribution in [0.15, 0.2) is 9.59 Å². The Morgan fingerprint density at radius 3 is 2.45 bits per heavy atom. The van der Waals surface area contributed by atoms with Gasteiger partial charge in [-0.3, -0.25) is 13.9 Å². The first kappa shape index (κ1) is 14.5. The van der Waals surface area contributed by atoms with Crippen molar-refractivity contribution >= 4 is 11.2 Å². The maximum absolute atomic E-state index is 12.4. The van der Waals surface area contributed by atoms with Gasteiger partial charge in [-0.05, 0) is 20.4 Å². The Labute approximate surface area is 116 Å². The quantitative estimate of drug-likeness (QED) is 0.839. The van der Waals surface area contributed by atoms with Crippen LogP contribution in [0.25, 0.3) is 11.2 Å². The van der Waals surface area contributed by atoms with Crippen molar-refractivity contribution < 1.29 is 0 Å². The summed E-state index contributed by atoms with van der Waals surface area (Å²) in [5.41, 5.74) is 0.433. The summed E-state index contributed by atoms with van der Waals surface area (Å²) < 4.78 is 4.63. The van der Waals surface area contributed by atoms with E-state index < -0.39 is 0 Å². The second-order valence-corrected chi connectivity index (χ2v) is 4.77. The summed E-state index contributed by atoms with van der Waals surface area (Å²) in [6.45, 7) is 5.28. The lowest BCUT2D eigenvalue weighted by atomic mass is 10.4. The number of aryl methyl sites for hydroxylation is 2. The van der Waals surface area contributed by atoms with Gasteiger partial charge in [-0.25, -0.2) is 9.78 Å². The highest BCUT2D eigenvalue weighted by molar-refractivity contribution is 5.71. The van der Waals surface area contributed by atoms with Crippen molar-refractivity contribution in [3.63, 3.8) is 0 Å². The van der Waals surface area contributed by atoms with Gasteiger partial charge in [-0.15, -0.1) is 0 Å². The molecule has 2 aromatic rings. The van der Waals surface area contributed by atoms with Crippen LogP contribution in [0, 0.1) is 0 Å². The summed E-state index contributed by atoms with van der Waals surface area (Å²) in [5.74, 6) is 0.748. The molecular weight excluding hydrogens is 258 g/mol. The lowest BCUT2D eigenvalue weighted by Crippen LogP contribution is -2.40. The van der Waals surface area contributed by atoms with Crippen molar-refractivity contribution in [3.8, 4) is 0 Å². The zero-order valence-corrected chi connectivity index (χ0v) is 12.4. The molecular formula is C13H21N5O2. The molecule has 0 amide bonds. The lowest BCUT2D eigenvalue weighted by molar-refractivity contribution is 0.579. The summed E-state index contributed by atoms with van der Waals surface area (Å²) in [7, 11) is 3.63. The van der Waals surface area contributed by atoms with Crippen LogP contribution >= 0.6 is 0 Å². The fourth-order valence-electron chi connectivity index (χ4n) is 2.43. The molecule has 0 spiro atoms. The molecule has 0 unspecified atom stereocenters. The minimum Gasteiger partial charge on any atom is -0.324 e. The van der Waals surface area contributed by atoms with Crippen molar-refractivity contribution in [2.24, 2.45) is 7.05 Å². The molecule has 2 aromatic heterocycles. The third-order valence-electron chi connectivity index (χ3n) is 3.43. The van der Waals surface area contributed by atoms with Gasteiger partial charge in [0.15, 0.2) is 11.2 Å². The number of hydrogen-bond acceptors (Lipinski definition) is 4. The topological polar surface area (TPSA) is 73.8 Å². The molecule has 0 radical (unpaired) electrons. The molecule has 0 saturated heterocycles. The van der Waals surface area contributed by atoms with Gasteiger partial charge >= 0.3 is 5.69 Å². The molecule has 0 aliphatic rings. The molecule has 1 N–H and O–H groups in total. The van der Waals surface area contributed by atoms with Crippen LogP contribution in [0.2, 0.25) is 0 Å². The molecule has 2 rings (SSSR count). The van der Waals surface area contributed by atoms with Crippen LogP contribution in [0.4, 0.5) is 0 Å². The Morgan fingerprint density at radius 2 is 1.90 bits per heavy atom. The number of hydrogen-bond donors (Lipinski definition) is 1. The van der Waals surface area contributed by atoms with Crippen LogP contribution in [0.3, 0.4) is 0 Å². The molecule has 0 bridgehead atoms. The van der Waals surface area contributed by atoms with Crippen LogP contribution in [-0.4, -0.2) is 25.7 Å². The van der Waals surface area contributed by atoms with Crippen LogP contribution in [-0.2, 0) is 26.7 Å². The van der Waals surface area contributed by atoms with Gasteiger partial charge in [-0.2, -0.15) is 0 Å². The van der Waals surface area contributed by atoms with E-state index in [1.807, 2.05) is 21.0 Å². The molecule has 110 valence electrons. The highest BCUT2D eigenvalue weighted by Gasteiger charge is 2.18. The predicted octanol–water partition coefficient (Wildman–Crippen LogP) is 0.0460. The number of nitrogens with one attached hydrogen (secondary N) is 1.